The minimum absolute atomic E-state index is 0.00840. The summed E-state index contributed by atoms with van der Waals surface area (Å²) < 4.78 is 27.7. The van der Waals surface area contributed by atoms with Crippen molar-refractivity contribution in [1.29, 1.82) is 0 Å². The summed E-state index contributed by atoms with van der Waals surface area (Å²) in [6.07, 6.45) is 3.39. The molecule has 0 aliphatic carbocycles. The van der Waals surface area contributed by atoms with Crippen molar-refractivity contribution in [3.8, 4) is 0 Å². The van der Waals surface area contributed by atoms with Gasteiger partial charge in [0.2, 0.25) is 0 Å². The second-order valence-electron chi connectivity index (χ2n) is 5.31. The molecule has 26 heavy (non-hydrogen) atoms. The van der Waals surface area contributed by atoms with Crippen LogP contribution in [0.15, 0.2) is 54.2 Å². The Balaban J connectivity index is 1.63. The minimum atomic E-state index is -1.11. The van der Waals surface area contributed by atoms with Crippen molar-refractivity contribution in [2.45, 2.75) is 6.04 Å². The molecule has 6 nitrogen and oxygen atoms in total. The highest BCUT2D eigenvalue weighted by Gasteiger charge is 2.20. The smallest absolute Gasteiger partial charge is 0.313 e. The van der Waals surface area contributed by atoms with E-state index in [-0.39, 0.29) is 18.3 Å². The van der Waals surface area contributed by atoms with Gasteiger partial charge in [0.1, 0.15) is 6.04 Å². The first-order chi connectivity index (χ1) is 12.5. The van der Waals surface area contributed by atoms with Gasteiger partial charge in [0, 0.05) is 35.6 Å². The third-order valence-corrected chi connectivity index (χ3v) is 4.53. The Morgan fingerprint density at radius 3 is 2.65 bits per heavy atom. The quantitative estimate of drug-likeness (QED) is 0.672. The van der Waals surface area contributed by atoms with E-state index < -0.39 is 23.4 Å². The third-order valence-electron chi connectivity index (χ3n) is 3.56. The standard InChI is InChI=1S/C17H14F2N4O2S/c18-12-5-4-11(9-13(12)19)22-17(25)16(24)20-10-14(15-3-1-8-26-15)23-7-2-6-21-23/h1-9,14H,10H2,(H,20,24)(H,22,25). The summed E-state index contributed by atoms with van der Waals surface area (Å²) in [6, 6.07) is 8.13. The summed E-state index contributed by atoms with van der Waals surface area (Å²) in [5, 5.41) is 10.8. The van der Waals surface area contributed by atoms with Gasteiger partial charge in [-0.1, -0.05) is 6.07 Å². The molecule has 0 saturated heterocycles. The van der Waals surface area contributed by atoms with E-state index in [4.69, 9.17) is 0 Å². The second kappa shape index (κ2) is 7.87. The molecule has 0 radical (unpaired) electrons. The van der Waals surface area contributed by atoms with E-state index in [9.17, 15) is 18.4 Å². The van der Waals surface area contributed by atoms with Crippen LogP contribution < -0.4 is 10.6 Å². The van der Waals surface area contributed by atoms with Crippen LogP contribution in [0.3, 0.4) is 0 Å². The van der Waals surface area contributed by atoms with Crippen molar-refractivity contribution in [1.82, 2.24) is 15.1 Å². The average molecular weight is 376 g/mol. The minimum Gasteiger partial charge on any atom is -0.345 e. The van der Waals surface area contributed by atoms with Crippen molar-refractivity contribution in [2.75, 3.05) is 11.9 Å². The summed E-state index contributed by atoms with van der Waals surface area (Å²) in [4.78, 5) is 24.9. The molecule has 0 aliphatic heterocycles. The summed E-state index contributed by atoms with van der Waals surface area (Å²) in [6.45, 7) is 0.145. The molecular formula is C17H14F2N4O2S. The Morgan fingerprint density at radius 1 is 1.15 bits per heavy atom. The van der Waals surface area contributed by atoms with Crippen LogP contribution in [0.2, 0.25) is 0 Å². The normalized spacial score (nSPS) is 11.8. The van der Waals surface area contributed by atoms with Crippen LogP contribution in [-0.2, 0) is 9.59 Å². The van der Waals surface area contributed by atoms with E-state index in [2.05, 4.69) is 15.7 Å². The van der Waals surface area contributed by atoms with Crippen molar-refractivity contribution in [3.05, 3.63) is 70.7 Å². The molecular weight excluding hydrogens is 362 g/mol. The highest BCUT2D eigenvalue weighted by atomic mass is 32.1. The molecule has 1 aromatic carbocycles. The number of carbonyl (C=O) groups is 2. The molecule has 0 aliphatic rings. The molecule has 0 spiro atoms. The van der Waals surface area contributed by atoms with Crippen LogP contribution in [0.4, 0.5) is 14.5 Å². The maximum Gasteiger partial charge on any atom is 0.313 e. The molecule has 1 unspecified atom stereocenters. The maximum absolute atomic E-state index is 13.2. The highest BCUT2D eigenvalue weighted by Crippen LogP contribution is 2.21. The van der Waals surface area contributed by atoms with Gasteiger partial charge in [-0.15, -0.1) is 11.3 Å². The van der Waals surface area contributed by atoms with Crippen LogP contribution in [0.1, 0.15) is 10.9 Å². The molecule has 1 atom stereocenters. The monoisotopic (exact) mass is 376 g/mol. The maximum atomic E-state index is 13.2. The van der Waals surface area contributed by atoms with Crippen molar-refractivity contribution in [3.63, 3.8) is 0 Å². The molecule has 0 bridgehead atoms. The zero-order chi connectivity index (χ0) is 18.5. The van der Waals surface area contributed by atoms with Gasteiger partial charge in [-0.2, -0.15) is 5.10 Å². The number of hydrogen-bond donors (Lipinski definition) is 2. The predicted molar refractivity (Wildman–Crippen MR) is 92.7 cm³/mol. The number of hydrogen-bond acceptors (Lipinski definition) is 4. The first kappa shape index (κ1) is 17.7. The van der Waals surface area contributed by atoms with Crippen LogP contribution in [0.25, 0.3) is 0 Å². The fourth-order valence-corrected chi connectivity index (χ4v) is 3.12. The van der Waals surface area contributed by atoms with Crippen LogP contribution in [-0.4, -0.2) is 28.1 Å². The first-order valence-electron chi connectivity index (χ1n) is 7.61. The lowest BCUT2D eigenvalue weighted by Gasteiger charge is -2.17. The van der Waals surface area contributed by atoms with Gasteiger partial charge in [-0.25, -0.2) is 8.78 Å². The van der Waals surface area contributed by atoms with Gasteiger partial charge >= 0.3 is 11.8 Å². The van der Waals surface area contributed by atoms with Gasteiger partial charge in [0.15, 0.2) is 11.6 Å². The summed E-state index contributed by atoms with van der Waals surface area (Å²) >= 11 is 1.51. The van der Waals surface area contributed by atoms with Crippen LogP contribution in [0.5, 0.6) is 0 Å². The van der Waals surface area contributed by atoms with E-state index in [1.54, 1.807) is 23.1 Å². The topological polar surface area (TPSA) is 76.0 Å². The molecule has 0 fully saturated rings. The van der Waals surface area contributed by atoms with Crippen LogP contribution >= 0.6 is 11.3 Å². The molecule has 9 heteroatoms. The number of anilines is 1. The second-order valence-corrected chi connectivity index (χ2v) is 6.29. The predicted octanol–water partition coefficient (Wildman–Crippen LogP) is 2.57. The number of nitrogens with zero attached hydrogens (tertiary/aromatic N) is 2. The first-order valence-corrected chi connectivity index (χ1v) is 8.49. The number of nitrogens with one attached hydrogen (secondary N) is 2. The van der Waals surface area contributed by atoms with Crippen LogP contribution in [0, 0.1) is 11.6 Å². The van der Waals surface area contributed by atoms with Gasteiger partial charge in [0.05, 0.1) is 0 Å². The van der Waals surface area contributed by atoms with E-state index in [0.29, 0.717) is 0 Å². The molecule has 134 valence electrons. The SMILES string of the molecule is O=C(NCC(c1cccs1)n1cccn1)C(=O)Nc1ccc(F)c(F)c1. The summed E-state index contributed by atoms with van der Waals surface area (Å²) in [7, 11) is 0. The average Bonchev–Trinajstić information content (AvgIpc) is 3.32. The number of aromatic nitrogens is 2. The molecule has 0 saturated carbocycles. The molecule has 3 aromatic rings. The van der Waals surface area contributed by atoms with Gasteiger partial charge in [-0.3, -0.25) is 14.3 Å². The van der Waals surface area contributed by atoms with E-state index in [1.807, 2.05) is 17.5 Å². The number of rotatable bonds is 5. The summed E-state index contributed by atoms with van der Waals surface area (Å²) in [5.41, 5.74) is -0.00840. The van der Waals surface area contributed by atoms with E-state index >= 15 is 0 Å². The molecule has 2 aromatic heterocycles. The van der Waals surface area contributed by atoms with Crippen molar-refractivity contribution in [2.24, 2.45) is 0 Å². The largest absolute Gasteiger partial charge is 0.345 e. The lowest BCUT2D eigenvalue weighted by atomic mass is 10.2. The Morgan fingerprint density at radius 2 is 2.00 bits per heavy atom. The zero-order valence-electron chi connectivity index (χ0n) is 13.4. The number of amides is 2. The van der Waals surface area contributed by atoms with Gasteiger partial charge in [0.25, 0.3) is 0 Å². The molecule has 3 rings (SSSR count). The van der Waals surface area contributed by atoms with E-state index in [0.717, 1.165) is 17.0 Å². The number of halogens is 2. The highest BCUT2D eigenvalue weighted by molar-refractivity contribution is 7.10. The van der Waals surface area contributed by atoms with Gasteiger partial charge < -0.3 is 10.6 Å². The fourth-order valence-electron chi connectivity index (χ4n) is 2.30. The number of carbonyl (C=O) groups excluding carboxylic acids is 2. The fraction of sp³-hybridized carbons (Fsp3) is 0.118. The molecule has 2 heterocycles. The van der Waals surface area contributed by atoms with Crippen molar-refractivity contribution >= 4 is 28.8 Å². The Hall–Kier alpha value is -3.07. The van der Waals surface area contributed by atoms with Gasteiger partial charge in [-0.05, 0) is 29.6 Å². The zero-order valence-corrected chi connectivity index (χ0v) is 14.2. The van der Waals surface area contributed by atoms with E-state index in [1.165, 1.54) is 17.4 Å². The number of benzene rings is 1. The third kappa shape index (κ3) is 4.12. The van der Waals surface area contributed by atoms with Crippen molar-refractivity contribution < 1.29 is 18.4 Å². The Labute approximate surface area is 151 Å². The lowest BCUT2D eigenvalue weighted by molar-refractivity contribution is -0.136. The Kier molecular flexibility index (Phi) is 5.37. The molecule has 2 amide bonds. The lowest BCUT2D eigenvalue weighted by Crippen LogP contribution is -2.38. The molecule has 2 N–H and O–H groups in total. The number of thiophene rings is 1. The Bertz CT molecular complexity index is 863. The summed E-state index contributed by atoms with van der Waals surface area (Å²) in [5.74, 6) is -4.00.